The topological polar surface area (TPSA) is 77.8 Å². The molecular formula is C14H16BrNO4. The number of carbonyl (C=O) groups excluding carboxylic acids is 1. The number of hydrogen-bond donors (Lipinski definition) is 2. The first-order valence-corrected chi connectivity index (χ1v) is 7.29. The first kappa shape index (κ1) is 14.8. The van der Waals surface area contributed by atoms with E-state index in [9.17, 15) is 14.7 Å². The summed E-state index contributed by atoms with van der Waals surface area (Å²) in [5, 5.41) is 18.6. The standard InChI is InChI=1S/C14H16BrNO4/c15-11-6-5-9(7-12(11)17)14(20)16(8-13(18)19)10-3-1-2-4-10/h5-7,10,17H,1-4,8H2,(H,18,19). The van der Waals surface area contributed by atoms with Crippen molar-refractivity contribution < 1.29 is 19.8 Å². The zero-order chi connectivity index (χ0) is 14.7. The van der Waals surface area contributed by atoms with Crippen LogP contribution in [-0.2, 0) is 4.79 Å². The lowest BCUT2D eigenvalue weighted by Gasteiger charge is -2.27. The number of carbonyl (C=O) groups is 2. The zero-order valence-corrected chi connectivity index (χ0v) is 12.5. The van der Waals surface area contributed by atoms with Crippen molar-refractivity contribution in [3.8, 4) is 5.75 Å². The Labute approximate surface area is 125 Å². The summed E-state index contributed by atoms with van der Waals surface area (Å²) in [5.74, 6) is -1.40. The van der Waals surface area contributed by atoms with E-state index in [1.54, 1.807) is 12.1 Å². The Balaban J connectivity index is 2.24. The highest BCUT2D eigenvalue weighted by Gasteiger charge is 2.29. The minimum Gasteiger partial charge on any atom is -0.507 e. The number of halogens is 1. The van der Waals surface area contributed by atoms with Gasteiger partial charge in [0.2, 0.25) is 0 Å². The van der Waals surface area contributed by atoms with Gasteiger partial charge in [-0.3, -0.25) is 9.59 Å². The highest BCUT2D eigenvalue weighted by atomic mass is 79.9. The van der Waals surface area contributed by atoms with Crippen molar-refractivity contribution in [2.45, 2.75) is 31.7 Å². The molecule has 2 rings (SSSR count). The largest absolute Gasteiger partial charge is 0.507 e. The predicted molar refractivity (Wildman–Crippen MR) is 76.7 cm³/mol. The molecule has 108 valence electrons. The summed E-state index contributed by atoms with van der Waals surface area (Å²) < 4.78 is 0.500. The monoisotopic (exact) mass is 341 g/mol. The molecule has 1 amide bonds. The van der Waals surface area contributed by atoms with E-state index in [-0.39, 0.29) is 24.2 Å². The lowest BCUT2D eigenvalue weighted by Crippen LogP contribution is -2.42. The quantitative estimate of drug-likeness (QED) is 0.882. The second kappa shape index (κ2) is 6.26. The van der Waals surface area contributed by atoms with Gasteiger partial charge in [-0.2, -0.15) is 0 Å². The molecule has 0 spiro atoms. The van der Waals surface area contributed by atoms with Gasteiger partial charge in [-0.1, -0.05) is 12.8 Å². The molecule has 0 heterocycles. The van der Waals surface area contributed by atoms with Gasteiger partial charge in [-0.25, -0.2) is 0 Å². The van der Waals surface area contributed by atoms with Crippen molar-refractivity contribution >= 4 is 27.8 Å². The van der Waals surface area contributed by atoms with E-state index in [2.05, 4.69) is 15.9 Å². The Bertz CT molecular complexity index is 526. The number of benzene rings is 1. The average molecular weight is 342 g/mol. The van der Waals surface area contributed by atoms with Crippen LogP contribution in [0.1, 0.15) is 36.0 Å². The fraction of sp³-hybridized carbons (Fsp3) is 0.429. The molecule has 20 heavy (non-hydrogen) atoms. The van der Waals surface area contributed by atoms with Gasteiger partial charge in [0.05, 0.1) is 4.47 Å². The van der Waals surface area contributed by atoms with Crippen LogP contribution in [-0.4, -0.2) is 39.6 Å². The normalized spacial score (nSPS) is 15.2. The van der Waals surface area contributed by atoms with Crippen molar-refractivity contribution in [3.63, 3.8) is 0 Å². The number of aliphatic carboxylic acids is 1. The second-order valence-corrected chi connectivity index (χ2v) is 5.79. The molecule has 0 aliphatic heterocycles. The number of aromatic hydroxyl groups is 1. The van der Waals surface area contributed by atoms with E-state index in [0.29, 0.717) is 10.0 Å². The SMILES string of the molecule is O=C(O)CN(C(=O)c1ccc(Br)c(O)c1)C1CCCC1. The van der Waals surface area contributed by atoms with Gasteiger partial charge < -0.3 is 15.1 Å². The third-order valence-corrected chi connectivity index (χ3v) is 4.20. The molecular weight excluding hydrogens is 326 g/mol. The summed E-state index contributed by atoms with van der Waals surface area (Å²) >= 11 is 3.15. The summed E-state index contributed by atoms with van der Waals surface area (Å²) in [6.45, 7) is -0.305. The van der Waals surface area contributed by atoms with Gasteiger partial charge in [0.15, 0.2) is 0 Å². The van der Waals surface area contributed by atoms with E-state index < -0.39 is 5.97 Å². The van der Waals surface area contributed by atoms with E-state index >= 15 is 0 Å². The highest BCUT2D eigenvalue weighted by Crippen LogP contribution is 2.28. The Morgan fingerprint density at radius 1 is 1.30 bits per heavy atom. The first-order chi connectivity index (χ1) is 9.49. The molecule has 0 radical (unpaired) electrons. The maximum Gasteiger partial charge on any atom is 0.323 e. The molecule has 1 aliphatic rings. The minimum atomic E-state index is -1.02. The molecule has 0 unspecified atom stereocenters. The van der Waals surface area contributed by atoms with Crippen LogP contribution in [0, 0.1) is 0 Å². The van der Waals surface area contributed by atoms with E-state index in [1.165, 1.54) is 11.0 Å². The first-order valence-electron chi connectivity index (χ1n) is 6.50. The maximum absolute atomic E-state index is 12.5. The fourth-order valence-corrected chi connectivity index (χ4v) is 2.79. The lowest BCUT2D eigenvalue weighted by molar-refractivity contribution is -0.138. The Kier molecular flexibility index (Phi) is 4.65. The van der Waals surface area contributed by atoms with Crippen LogP contribution in [0.15, 0.2) is 22.7 Å². The summed E-state index contributed by atoms with van der Waals surface area (Å²) in [4.78, 5) is 24.8. The van der Waals surface area contributed by atoms with E-state index in [4.69, 9.17) is 5.11 Å². The Morgan fingerprint density at radius 2 is 1.95 bits per heavy atom. The average Bonchev–Trinajstić information content (AvgIpc) is 2.92. The van der Waals surface area contributed by atoms with Gasteiger partial charge in [-0.05, 0) is 47.0 Å². The smallest absolute Gasteiger partial charge is 0.323 e. The van der Waals surface area contributed by atoms with Crippen LogP contribution in [0.4, 0.5) is 0 Å². The van der Waals surface area contributed by atoms with Crippen molar-refractivity contribution in [1.82, 2.24) is 4.90 Å². The molecule has 5 nitrogen and oxygen atoms in total. The van der Waals surface area contributed by atoms with Crippen molar-refractivity contribution in [2.75, 3.05) is 6.54 Å². The molecule has 1 fully saturated rings. The number of rotatable bonds is 4. The molecule has 1 aromatic carbocycles. The number of phenols is 1. The molecule has 2 N–H and O–H groups in total. The summed E-state index contributed by atoms with van der Waals surface area (Å²) in [7, 11) is 0. The molecule has 1 aliphatic carbocycles. The van der Waals surface area contributed by atoms with Gasteiger partial charge in [0.25, 0.3) is 5.91 Å². The fourth-order valence-electron chi connectivity index (χ4n) is 2.54. The van der Waals surface area contributed by atoms with Crippen LogP contribution >= 0.6 is 15.9 Å². The van der Waals surface area contributed by atoms with E-state index in [1.807, 2.05) is 0 Å². The summed E-state index contributed by atoms with van der Waals surface area (Å²) in [6.07, 6.45) is 3.70. The molecule has 0 bridgehead atoms. The third kappa shape index (κ3) is 3.30. The zero-order valence-electron chi connectivity index (χ0n) is 10.9. The Morgan fingerprint density at radius 3 is 2.50 bits per heavy atom. The van der Waals surface area contributed by atoms with Crippen molar-refractivity contribution in [2.24, 2.45) is 0 Å². The van der Waals surface area contributed by atoms with Gasteiger partial charge in [-0.15, -0.1) is 0 Å². The van der Waals surface area contributed by atoms with Crippen LogP contribution in [0.3, 0.4) is 0 Å². The van der Waals surface area contributed by atoms with Gasteiger partial charge in [0, 0.05) is 11.6 Å². The number of carboxylic acid groups (broad SMARTS) is 1. The van der Waals surface area contributed by atoms with Crippen LogP contribution in [0.25, 0.3) is 0 Å². The maximum atomic E-state index is 12.5. The molecule has 6 heteroatoms. The van der Waals surface area contributed by atoms with Gasteiger partial charge in [0.1, 0.15) is 12.3 Å². The summed E-state index contributed by atoms with van der Waals surface area (Å²) in [5.41, 5.74) is 0.304. The Hall–Kier alpha value is -1.56. The summed E-state index contributed by atoms with van der Waals surface area (Å²) in [6, 6.07) is 4.49. The van der Waals surface area contributed by atoms with E-state index in [0.717, 1.165) is 25.7 Å². The molecule has 1 aromatic rings. The van der Waals surface area contributed by atoms with Crippen molar-refractivity contribution in [1.29, 1.82) is 0 Å². The molecule has 0 aromatic heterocycles. The highest BCUT2D eigenvalue weighted by molar-refractivity contribution is 9.10. The number of hydrogen-bond acceptors (Lipinski definition) is 3. The number of carboxylic acids is 1. The molecule has 0 atom stereocenters. The van der Waals surface area contributed by atoms with Crippen LogP contribution < -0.4 is 0 Å². The van der Waals surface area contributed by atoms with Crippen LogP contribution in [0.5, 0.6) is 5.75 Å². The lowest BCUT2D eigenvalue weighted by atomic mass is 10.1. The van der Waals surface area contributed by atoms with Gasteiger partial charge >= 0.3 is 5.97 Å². The molecule has 1 saturated carbocycles. The minimum absolute atomic E-state index is 0.0237. The van der Waals surface area contributed by atoms with Crippen LogP contribution in [0.2, 0.25) is 0 Å². The third-order valence-electron chi connectivity index (χ3n) is 3.53. The second-order valence-electron chi connectivity index (χ2n) is 4.93. The predicted octanol–water partition coefficient (Wildman–Crippen LogP) is 2.62. The number of phenolic OH excluding ortho intramolecular Hbond substituents is 1. The molecule has 0 saturated heterocycles. The number of nitrogens with zero attached hydrogens (tertiary/aromatic N) is 1. The number of amides is 1. The van der Waals surface area contributed by atoms with Crippen molar-refractivity contribution in [3.05, 3.63) is 28.2 Å².